The van der Waals surface area contributed by atoms with Gasteiger partial charge in [-0.05, 0) is 60.9 Å². The number of anilines is 2. The predicted octanol–water partition coefficient (Wildman–Crippen LogP) is 4.56. The SMILES string of the molecule is O=C(CCC1Cc2ccccc2NC1=O)Nc1ccc(-n2cnc3ccccc32)cc1. The van der Waals surface area contributed by atoms with Gasteiger partial charge in [0, 0.05) is 29.4 Å². The van der Waals surface area contributed by atoms with E-state index in [1.165, 1.54) is 0 Å². The van der Waals surface area contributed by atoms with Gasteiger partial charge in [-0.15, -0.1) is 0 Å². The lowest BCUT2D eigenvalue weighted by atomic mass is 9.89. The van der Waals surface area contributed by atoms with Gasteiger partial charge in [0.15, 0.2) is 0 Å². The number of nitrogens with one attached hydrogen (secondary N) is 2. The molecule has 0 fully saturated rings. The summed E-state index contributed by atoms with van der Waals surface area (Å²) in [6.45, 7) is 0. The second-order valence-corrected chi connectivity index (χ2v) is 7.78. The fourth-order valence-corrected chi connectivity index (χ4v) is 4.05. The quantitative estimate of drug-likeness (QED) is 0.507. The number of nitrogens with zero attached hydrogens (tertiary/aromatic N) is 2. The largest absolute Gasteiger partial charge is 0.326 e. The first-order chi connectivity index (χ1) is 15.2. The lowest BCUT2D eigenvalue weighted by Crippen LogP contribution is -2.30. The number of hydrogen-bond acceptors (Lipinski definition) is 3. The highest BCUT2D eigenvalue weighted by molar-refractivity contribution is 5.96. The van der Waals surface area contributed by atoms with Crippen LogP contribution in [0.1, 0.15) is 18.4 Å². The van der Waals surface area contributed by atoms with Crippen LogP contribution in [-0.4, -0.2) is 21.4 Å². The molecule has 2 amide bonds. The maximum absolute atomic E-state index is 12.4. The number of amides is 2. The summed E-state index contributed by atoms with van der Waals surface area (Å²) >= 11 is 0. The number of benzene rings is 3. The van der Waals surface area contributed by atoms with Crippen molar-refractivity contribution in [3.8, 4) is 5.69 Å². The summed E-state index contributed by atoms with van der Waals surface area (Å²) in [5.41, 5.74) is 5.68. The van der Waals surface area contributed by atoms with Crippen molar-refractivity contribution >= 4 is 34.2 Å². The van der Waals surface area contributed by atoms with E-state index in [1.54, 1.807) is 6.33 Å². The van der Waals surface area contributed by atoms with Crippen LogP contribution < -0.4 is 10.6 Å². The maximum Gasteiger partial charge on any atom is 0.227 e. The van der Waals surface area contributed by atoms with Gasteiger partial charge in [0.25, 0.3) is 0 Å². The van der Waals surface area contributed by atoms with E-state index in [-0.39, 0.29) is 17.7 Å². The highest BCUT2D eigenvalue weighted by atomic mass is 16.2. The molecule has 1 aliphatic heterocycles. The Kier molecular flexibility index (Phi) is 4.96. The molecule has 0 saturated carbocycles. The van der Waals surface area contributed by atoms with Gasteiger partial charge in [0.2, 0.25) is 11.8 Å². The Hall–Kier alpha value is -3.93. The van der Waals surface area contributed by atoms with Crippen molar-refractivity contribution in [3.05, 3.63) is 84.7 Å². The smallest absolute Gasteiger partial charge is 0.227 e. The van der Waals surface area contributed by atoms with Crippen molar-refractivity contribution in [2.75, 3.05) is 10.6 Å². The Morgan fingerprint density at radius 2 is 1.81 bits per heavy atom. The predicted molar refractivity (Wildman–Crippen MR) is 121 cm³/mol. The van der Waals surface area contributed by atoms with Gasteiger partial charge in [0.1, 0.15) is 6.33 Å². The number of imidazole rings is 1. The van der Waals surface area contributed by atoms with Gasteiger partial charge in [0.05, 0.1) is 11.0 Å². The number of carbonyl (C=O) groups excluding carboxylic acids is 2. The first-order valence-corrected chi connectivity index (χ1v) is 10.4. The summed E-state index contributed by atoms with van der Waals surface area (Å²) < 4.78 is 2.01. The van der Waals surface area contributed by atoms with Crippen molar-refractivity contribution in [2.24, 2.45) is 5.92 Å². The number of hydrogen-bond donors (Lipinski definition) is 2. The third-order valence-corrected chi connectivity index (χ3v) is 5.71. The minimum Gasteiger partial charge on any atom is -0.326 e. The van der Waals surface area contributed by atoms with Crippen LogP contribution in [0.25, 0.3) is 16.7 Å². The number of para-hydroxylation sites is 3. The van der Waals surface area contributed by atoms with Crippen LogP contribution in [0.5, 0.6) is 0 Å². The molecule has 1 aromatic heterocycles. The fourth-order valence-electron chi connectivity index (χ4n) is 4.05. The van der Waals surface area contributed by atoms with E-state index in [9.17, 15) is 9.59 Å². The zero-order valence-electron chi connectivity index (χ0n) is 16.9. The topological polar surface area (TPSA) is 76.0 Å². The van der Waals surface area contributed by atoms with Gasteiger partial charge >= 0.3 is 0 Å². The minimum atomic E-state index is -0.183. The minimum absolute atomic E-state index is 0.0107. The first kappa shape index (κ1) is 19.1. The normalized spacial score (nSPS) is 15.4. The number of carbonyl (C=O) groups is 2. The molecule has 3 aromatic carbocycles. The molecular formula is C25H22N4O2. The number of fused-ring (bicyclic) bond motifs is 2. The van der Waals surface area contributed by atoms with Crippen molar-refractivity contribution < 1.29 is 9.59 Å². The molecule has 0 bridgehead atoms. The van der Waals surface area contributed by atoms with Gasteiger partial charge in [-0.25, -0.2) is 4.98 Å². The number of aromatic nitrogens is 2. The molecule has 2 heterocycles. The zero-order valence-corrected chi connectivity index (χ0v) is 16.9. The van der Waals surface area contributed by atoms with E-state index in [1.807, 2.05) is 77.4 Å². The van der Waals surface area contributed by atoms with Crippen molar-refractivity contribution in [2.45, 2.75) is 19.3 Å². The van der Waals surface area contributed by atoms with E-state index in [2.05, 4.69) is 15.6 Å². The van der Waals surface area contributed by atoms with Crippen LogP contribution >= 0.6 is 0 Å². The van der Waals surface area contributed by atoms with Gasteiger partial charge in [-0.3, -0.25) is 14.2 Å². The lowest BCUT2D eigenvalue weighted by Gasteiger charge is -2.24. The lowest BCUT2D eigenvalue weighted by molar-refractivity contribution is -0.121. The Morgan fingerprint density at radius 1 is 1.03 bits per heavy atom. The summed E-state index contributed by atoms with van der Waals surface area (Å²) in [7, 11) is 0. The van der Waals surface area contributed by atoms with Gasteiger partial charge in [-0.2, -0.15) is 0 Å². The highest BCUT2D eigenvalue weighted by Gasteiger charge is 2.26. The Balaban J connectivity index is 1.20. The van der Waals surface area contributed by atoms with Crippen LogP contribution in [0.15, 0.2) is 79.1 Å². The molecule has 0 saturated heterocycles. The summed E-state index contributed by atoms with van der Waals surface area (Å²) in [5.74, 6) is -0.284. The Morgan fingerprint density at radius 3 is 2.68 bits per heavy atom. The molecule has 1 aliphatic rings. The van der Waals surface area contributed by atoms with E-state index >= 15 is 0 Å². The molecule has 154 valence electrons. The summed E-state index contributed by atoms with van der Waals surface area (Å²) in [6.07, 6.45) is 3.29. The average Bonchev–Trinajstić information content (AvgIpc) is 3.22. The number of rotatable bonds is 5. The molecule has 31 heavy (non-hydrogen) atoms. The average molecular weight is 410 g/mol. The summed E-state index contributed by atoms with van der Waals surface area (Å²) in [5, 5.41) is 5.87. The second-order valence-electron chi connectivity index (χ2n) is 7.78. The van der Waals surface area contributed by atoms with E-state index < -0.39 is 0 Å². The molecule has 0 radical (unpaired) electrons. The van der Waals surface area contributed by atoms with Gasteiger partial charge in [-0.1, -0.05) is 30.3 Å². The molecule has 2 N–H and O–H groups in total. The van der Waals surface area contributed by atoms with E-state index in [0.717, 1.165) is 33.7 Å². The van der Waals surface area contributed by atoms with Crippen LogP contribution in [0.4, 0.5) is 11.4 Å². The van der Waals surface area contributed by atoms with Crippen molar-refractivity contribution in [3.63, 3.8) is 0 Å². The Bertz CT molecular complexity index is 1260. The zero-order chi connectivity index (χ0) is 21.2. The van der Waals surface area contributed by atoms with E-state index in [4.69, 9.17) is 0 Å². The Labute approximate surface area is 179 Å². The fraction of sp³-hybridized carbons (Fsp3) is 0.160. The maximum atomic E-state index is 12.4. The third-order valence-electron chi connectivity index (χ3n) is 5.71. The summed E-state index contributed by atoms with van der Waals surface area (Å²) in [6, 6.07) is 23.4. The molecular weight excluding hydrogens is 388 g/mol. The van der Waals surface area contributed by atoms with E-state index in [0.29, 0.717) is 19.3 Å². The standard InChI is InChI=1S/C25H22N4O2/c30-24(14-9-18-15-17-5-1-2-6-21(17)28-25(18)31)27-19-10-12-20(13-11-19)29-16-26-22-7-3-4-8-23(22)29/h1-8,10-13,16,18H,9,14-15H2,(H,27,30)(H,28,31). The van der Waals surface area contributed by atoms with Crippen LogP contribution in [-0.2, 0) is 16.0 Å². The summed E-state index contributed by atoms with van der Waals surface area (Å²) in [4.78, 5) is 29.2. The first-order valence-electron chi connectivity index (χ1n) is 10.4. The van der Waals surface area contributed by atoms with Crippen LogP contribution in [0.3, 0.4) is 0 Å². The monoisotopic (exact) mass is 410 g/mol. The molecule has 6 heteroatoms. The molecule has 6 nitrogen and oxygen atoms in total. The molecule has 4 aromatic rings. The van der Waals surface area contributed by atoms with Crippen LogP contribution in [0.2, 0.25) is 0 Å². The third kappa shape index (κ3) is 3.92. The highest BCUT2D eigenvalue weighted by Crippen LogP contribution is 2.27. The molecule has 5 rings (SSSR count). The second kappa shape index (κ2) is 8.07. The molecule has 1 atom stereocenters. The van der Waals surface area contributed by atoms with Crippen molar-refractivity contribution in [1.82, 2.24) is 9.55 Å². The molecule has 1 unspecified atom stereocenters. The van der Waals surface area contributed by atoms with Crippen LogP contribution in [0, 0.1) is 5.92 Å². The van der Waals surface area contributed by atoms with Gasteiger partial charge < -0.3 is 10.6 Å². The molecule has 0 aliphatic carbocycles. The van der Waals surface area contributed by atoms with Crippen molar-refractivity contribution in [1.29, 1.82) is 0 Å². The molecule has 0 spiro atoms.